The molecule has 0 aliphatic carbocycles. The van der Waals surface area contributed by atoms with Gasteiger partial charge in [0.15, 0.2) is 11.5 Å². The van der Waals surface area contributed by atoms with Crippen LogP contribution in [0.3, 0.4) is 0 Å². The molecule has 0 aliphatic heterocycles. The summed E-state index contributed by atoms with van der Waals surface area (Å²) in [5, 5.41) is 0. The first-order chi connectivity index (χ1) is 28.1. The van der Waals surface area contributed by atoms with E-state index in [0.29, 0.717) is 61.7 Å². The first-order valence-electron chi connectivity index (χ1n) is 20.4. The van der Waals surface area contributed by atoms with Gasteiger partial charge in [0.2, 0.25) is 0 Å². The second-order valence-electron chi connectivity index (χ2n) is 14.2. The Labute approximate surface area is 355 Å². The van der Waals surface area contributed by atoms with Gasteiger partial charge in [-0.15, -0.1) is 0 Å². The summed E-state index contributed by atoms with van der Waals surface area (Å²) in [4.78, 5) is 56.6. The lowest BCUT2D eigenvalue weighted by atomic mass is 9.78. The van der Waals surface area contributed by atoms with Gasteiger partial charge in [-0.1, -0.05) is 102 Å². The molecule has 4 aromatic carbocycles. The van der Waals surface area contributed by atoms with Crippen molar-refractivity contribution in [1.29, 1.82) is 0 Å². The second kappa shape index (κ2) is 21.0. The highest BCUT2D eigenvalue weighted by Gasteiger charge is 2.30. The van der Waals surface area contributed by atoms with Crippen molar-refractivity contribution in [1.82, 2.24) is 0 Å². The minimum Gasteiger partial charge on any atom is -0.461 e. The molecule has 1 N–H and O–H groups in total. The summed E-state index contributed by atoms with van der Waals surface area (Å²) in [5.74, 6) is -5.71. The third kappa shape index (κ3) is 11.5. The standard InChI is InChI=1S/C38H47B9O11S/c39-11-19-3-22(14-42)28(16-44)25(5-19)35(48)56-24-9-32(57-36(49)26-6-20(12-40)4-23(15-43)29(26)17-45)34(38(51)55-1-2-59(52,53)54)33(10-24)58-37(50)27-7-21(13-41)8-31(47)30(27)18-46/h3-10H,1-2,11-18,39-47H2,(H,52,53,54). The Morgan fingerprint density at radius 3 is 1.31 bits per heavy atom. The van der Waals surface area contributed by atoms with Crippen molar-refractivity contribution in [3.63, 3.8) is 0 Å². The van der Waals surface area contributed by atoms with Crippen LogP contribution < -0.4 is 19.7 Å². The molecule has 0 unspecified atom stereocenters. The summed E-state index contributed by atoms with van der Waals surface area (Å²) in [6.07, 6.45) is 4.78. The topological polar surface area (TPSA) is 160 Å². The molecule has 0 radical (unpaired) electrons. The fraction of sp³-hybridized carbons (Fsp3) is 0.263. The van der Waals surface area contributed by atoms with E-state index in [4.69, 9.17) is 18.9 Å². The Balaban J connectivity index is 1.99. The fourth-order valence-electron chi connectivity index (χ4n) is 7.35. The van der Waals surface area contributed by atoms with E-state index in [1.54, 1.807) is 18.2 Å². The first-order valence-corrected chi connectivity index (χ1v) is 22.1. The summed E-state index contributed by atoms with van der Waals surface area (Å²) in [6.45, 7) is -0.779. The van der Waals surface area contributed by atoms with Crippen LogP contribution in [0.15, 0.2) is 48.5 Å². The first kappa shape index (κ1) is 46.9. The van der Waals surface area contributed by atoms with Crippen LogP contribution in [0, 0.1) is 0 Å². The number of esters is 4. The highest BCUT2D eigenvalue weighted by Crippen LogP contribution is 2.37. The van der Waals surface area contributed by atoms with E-state index in [1.165, 1.54) is 0 Å². The molecule has 11 nitrogen and oxygen atoms in total. The predicted octanol–water partition coefficient (Wildman–Crippen LogP) is -4.29. The maximum atomic E-state index is 14.3. The molecule has 0 saturated heterocycles. The minimum absolute atomic E-state index is 0.210. The lowest BCUT2D eigenvalue weighted by Gasteiger charge is -2.19. The van der Waals surface area contributed by atoms with Crippen molar-refractivity contribution in [2.24, 2.45) is 0 Å². The molecule has 4 rings (SSSR count). The van der Waals surface area contributed by atoms with Crippen LogP contribution in [0.4, 0.5) is 0 Å². The van der Waals surface area contributed by atoms with Crippen LogP contribution in [-0.4, -0.2) is 120 Å². The molecule has 0 amide bonds. The number of hydrogen-bond acceptors (Lipinski definition) is 10. The molecule has 0 aromatic heterocycles. The maximum absolute atomic E-state index is 14.3. The van der Waals surface area contributed by atoms with Crippen molar-refractivity contribution >= 4 is 110 Å². The Bertz CT molecular complexity index is 2370. The highest BCUT2D eigenvalue weighted by molar-refractivity contribution is 7.85. The van der Waals surface area contributed by atoms with Crippen LogP contribution >= 0.6 is 0 Å². The van der Waals surface area contributed by atoms with Gasteiger partial charge in [0.1, 0.15) is 94.3 Å². The molecule has 59 heavy (non-hydrogen) atoms. The molecule has 21 heteroatoms. The van der Waals surface area contributed by atoms with Gasteiger partial charge in [-0.2, -0.15) is 8.42 Å². The van der Waals surface area contributed by atoms with E-state index in [0.717, 1.165) is 56.5 Å². The van der Waals surface area contributed by atoms with E-state index < -0.39 is 63.4 Å². The lowest BCUT2D eigenvalue weighted by molar-refractivity contribution is 0.0516. The van der Waals surface area contributed by atoms with Gasteiger partial charge >= 0.3 is 23.9 Å². The molecular formula is C38H47B9O11S. The van der Waals surface area contributed by atoms with Gasteiger partial charge < -0.3 is 18.9 Å². The zero-order valence-electron chi connectivity index (χ0n) is 35.6. The molecule has 4 aromatic rings. The van der Waals surface area contributed by atoms with Crippen molar-refractivity contribution in [2.45, 2.75) is 50.6 Å². The third-order valence-electron chi connectivity index (χ3n) is 10.5. The summed E-state index contributed by atoms with van der Waals surface area (Å²) in [6, 6.07) is 13.6. The van der Waals surface area contributed by atoms with Gasteiger partial charge in [-0.05, 0) is 34.9 Å². The average Bonchev–Trinajstić information content (AvgIpc) is 3.21. The number of carbonyl (C=O) groups is 4. The van der Waals surface area contributed by atoms with Gasteiger partial charge in [0.25, 0.3) is 10.1 Å². The summed E-state index contributed by atoms with van der Waals surface area (Å²) < 4.78 is 55.8. The number of carbonyl (C=O) groups excluding carboxylic acids is 4. The second-order valence-corrected chi connectivity index (χ2v) is 15.8. The van der Waals surface area contributed by atoms with Crippen LogP contribution in [-0.2, 0) is 65.4 Å². The summed E-state index contributed by atoms with van der Waals surface area (Å²) in [5.41, 5.74) is 8.04. The Morgan fingerprint density at radius 1 is 0.508 bits per heavy atom. The fourth-order valence-corrected chi connectivity index (χ4v) is 7.65. The van der Waals surface area contributed by atoms with Crippen molar-refractivity contribution in [3.05, 3.63) is 115 Å². The maximum Gasteiger partial charge on any atom is 0.345 e. The molecule has 298 valence electrons. The molecule has 0 fully saturated rings. The third-order valence-corrected chi connectivity index (χ3v) is 11.2. The Hall–Kier alpha value is -4.75. The van der Waals surface area contributed by atoms with E-state index in [9.17, 15) is 32.1 Å². The number of rotatable bonds is 18. The van der Waals surface area contributed by atoms with Gasteiger partial charge in [-0.25, -0.2) is 19.2 Å². The highest BCUT2D eigenvalue weighted by atomic mass is 32.2. The zero-order valence-corrected chi connectivity index (χ0v) is 36.4. The minimum atomic E-state index is -4.54. The molecule has 0 atom stereocenters. The summed E-state index contributed by atoms with van der Waals surface area (Å²) in [7, 11) is 13.0. The largest absolute Gasteiger partial charge is 0.461 e. The molecule has 0 saturated carbocycles. The SMILES string of the molecule is BCc1cc(B)c(CB)c(C(=O)Oc2cc(OC(=O)c3cc(CB)cc(CB)c3CB)cc(OC(=O)c3cc(CB)cc(CB)c3CB)c2C(=O)OCCS(=O)(=O)O)c1. The molecule has 0 spiro atoms. The van der Waals surface area contributed by atoms with Gasteiger partial charge in [0, 0.05) is 12.1 Å². The quantitative estimate of drug-likeness (QED) is 0.0449. The average molecular weight is 809 g/mol. The number of benzene rings is 4. The molecular weight excluding hydrogens is 762 g/mol. The van der Waals surface area contributed by atoms with Crippen molar-refractivity contribution in [3.8, 4) is 17.2 Å². The van der Waals surface area contributed by atoms with E-state index in [-0.39, 0.29) is 16.9 Å². The molecule has 0 bridgehead atoms. The smallest absolute Gasteiger partial charge is 0.345 e. The van der Waals surface area contributed by atoms with Crippen LogP contribution in [0.1, 0.15) is 85.9 Å². The zero-order chi connectivity index (χ0) is 43.6. The predicted molar refractivity (Wildman–Crippen MR) is 254 cm³/mol. The van der Waals surface area contributed by atoms with Crippen molar-refractivity contribution in [2.75, 3.05) is 12.4 Å². The van der Waals surface area contributed by atoms with Crippen LogP contribution in [0.25, 0.3) is 0 Å². The Kier molecular flexibility index (Phi) is 16.7. The van der Waals surface area contributed by atoms with Crippen molar-refractivity contribution < 1.29 is 51.1 Å². The normalized spacial score (nSPS) is 11.1. The van der Waals surface area contributed by atoms with E-state index in [1.807, 2.05) is 82.7 Å². The summed E-state index contributed by atoms with van der Waals surface area (Å²) >= 11 is 0. The number of ether oxygens (including phenoxy) is 4. The lowest BCUT2D eigenvalue weighted by Crippen LogP contribution is -2.23. The molecule has 0 aliphatic rings. The van der Waals surface area contributed by atoms with Crippen LogP contribution in [0.2, 0.25) is 0 Å². The Morgan fingerprint density at radius 2 is 0.915 bits per heavy atom. The monoisotopic (exact) mass is 810 g/mol. The van der Waals surface area contributed by atoms with E-state index >= 15 is 0 Å². The molecule has 0 heterocycles. The number of hydrogen-bond donors (Lipinski definition) is 1. The van der Waals surface area contributed by atoms with Gasteiger partial charge in [0.05, 0.1) is 16.7 Å². The van der Waals surface area contributed by atoms with E-state index in [2.05, 4.69) is 6.07 Å². The van der Waals surface area contributed by atoms with Gasteiger partial charge in [-0.3, -0.25) is 4.55 Å². The van der Waals surface area contributed by atoms with Crippen LogP contribution in [0.5, 0.6) is 17.2 Å².